The minimum atomic E-state index is 0.672. The van der Waals surface area contributed by atoms with Crippen molar-refractivity contribution in [1.82, 2.24) is 19.8 Å². The van der Waals surface area contributed by atoms with Gasteiger partial charge in [0.25, 0.3) is 0 Å². The van der Waals surface area contributed by atoms with Crippen molar-refractivity contribution in [1.29, 1.82) is 0 Å². The number of aryl methyl sites for hydroxylation is 2. The van der Waals surface area contributed by atoms with Crippen molar-refractivity contribution >= 4 is 11.5 Å². The highest BCUT2D eigenvalue weighted by molar-refractivity contribution is 5.43. The van der Waals surface area contributed by atoms with E-state index in [9.17, 15) is 0 Å². The quantitative estimate of drug-likeness (QED) is 0.709. The highest BCUT2D eigenvalue weighted by Gasteiger charge is 2.03. The van der Waals surface area contributed by atoms with Gasteiger partial charge in [-0.3, -0.25) is 0 Å². The van der Waals surface area contributed by atoms with Gasteiger partial charge in [0, 0.05) is 6.54 Å². The van der Waals surface area contributed by atoms with E-state index in [0.717, 1.165) is 41.6 Å². The lowest BCUT2D eigenvalue weighted by atomic mass is 10.2. The molecule has 0 saturated carbocycles. The van der Waals surface area contributed by atoms with Crippen molar-refractivity contribution in [3.8, 4) is 5.75 Å². The van der Waals surface area contributed by atoms with Crippen molar-refractivity contribution in [2.24, 2.45) is 0 Å². The number of rotatable bonds is 6. The molecule has 0 radical (unpaired) electrons. The Morgan fingerprint density at radius 3 is 2.82 bits per heavy atom. The molecule has 114 valence electrons. The normalized spacial score (nSPS) is 10.8. The van der Waals surface area contributed by atoms with Crippen LogP contribution in [0, 0.1) is 13.8 Å². The van der Waals surface area contributed by atoms with Gasteiger partial charge in [-0.05, 0) is 44.0 Å². The number of fused-ring (bicyclic) bond motifs is 1. The van der Waals surface area contributed by atoms with Gasteiger partial charge in [0.2, 0.25) is 0 Å². The number of anilines is 1. The van der Waals surface area contributed by atoms with Crippen molar-refractivity contribution in [3.05, 3.63) is 47.8 Å². The van der Waals surface area contributed by atoms with Crippen LogP contribution in [0.15, 0.2) is 36.4 Å². The molecule has 2 aromatic heterocycles. The first kappa shape index (κ1) is 14.3. The molecule has 0 aliphatic rings. The molecular weight excluding hydrogens is 278 g/mol. The third kappa shape index (κ3) is 3.16. The molecule has 0 aliphatic heterocycles. The van der Waals surface area contributed by atoms with Gasteiger partial charge in [-0.15, -0.1) is 15.3 Å². The molecule has 0 amide bonds. The van der Waals surface area contributed by atoms with Gasteiger partial charge in [0.15, 0.2) is 11.5 Å². The molecule has 3 rings (SSSR count). The van der Waals surface area contributed by atoms with Crippen LogP contribution in [0.3, 0.4) is 0 Å². The Bertz CT molecular complexity index is 768. The summed E-state index contributed by atoms with van der Waals surface area (Å²) < 4.78 is 7.49. The number of benzene rings is 1. The van der Waals surface area contributed by atoms with E-state index in [1.807, 2.05) is 50.2 Å². The zero-order valence-corrected chi connectivity index (χ0v) is 12.8. The van der Waals surface area contributed by atoms with Crippen LogP contribution in [0.4, 0.5) is 5.82 Å². The molecule has 2 heterocycles. The van der Waals surface area contributed by atoms with Gasteiger partial charge in [0.1, 0.15) is 11.6 Å². The summed E-state index contributed by atoms with van der Waals surface area (Å²) in [5, 5.41) is 15.7. The van der Waals surface area contributed by atoms with Gasteiger partial charge in [0.05, 0.1) is 6.61 Å². The number of hydrogen-bond donors (Lipinski definition) is 1. The van der Waals surface area contributed by atoms with Gasteiger partial charge >= 0.3 is 0 Å². The minimum absolute atomic E-state index is 0.672. The predicted octanol–water partition coefficient (Wildman–Crippen LogP) is 2.62. The Kier molecular flexibility index (Phi) is 4.18. The second kappa shape index (κ2) is 6.43. The third-order valence-electron chi connectivity index (χ3n) is 3.40. The molecule has 1 aromatic carbocycles. The monoisotopic (exact) mass is 297 g/mol. The van der Waals surface area contributed by atoms with E-state index in [2.05, 4.69) is 20.6 Å². The Hall–Kier alpha value is -2.63. The van der Waals surface area contributed by atoms with Gasteiger partial charge in [-0.25, -0.2) is 0 Å². The van der Waals surface area contributed by atoms with E-state index in [1.165, 1.54) is 0 Å². The van der Waals surface area contributed by atoms with E-state index < -0.39 is 0 Å². The second-order valence-corrected chi connectivity index (χ2v) is 5.13. The highest BCUT2D eigenvalue weighted by Crippen LogP contribution is 2.16. The SMILES string of the molecule is Cc1ccccc1OCCCNc1ccc2nnc(C)n2n1. The number of ether oxygens (including phenoxy) is 1. The Balaban J connectivity index is 1.48. The van der Waals surface area contributed by atoms with Crippen LogP contribution < -0.4 is 10.1 Å². The fourth-order valence-corrected chi connectivity index (χ4v) is 2.18. The molecule has 0 saturated heterocycles. The van der Waals surface area contributed by atoms with E-state index in [4.69, 9.17) is 4.74 Å². The predicted molar refractivity (Wildman–Crippen MR) is 85.3 cm³/mol. The van der Waals surface area contributed by atoms with Crippen molar-refractivity contribution < 1.29 is 4.74 Å². The average Bonchev–Trinajstić information content (AvgIpc) is 2.90. The molecule has 22 heavy (non-hydrogen) atoms. The summed E-state index contributed by atoms with van der Waals surface area (Å²) in [6.07, 6.45) is 0.898. The fraction of sp³-hybridized carbons (Fsp3) is 0.312. The number of nitrogens with one attached hydrogen (secondary N) is 1. The van der Waals surface area contributed by atoms with Crippen LogP contribution in [-0.4, -0.2) is 33.0 Å². The average molecular weight is 297 g/mol. The lowest BCUT2D eigenvalue weighted by molar-refractivity contribution is 0.313. The maximum atomic E-state index is 5.77. The summed E-state index contributed by atoms with van der Waals surface area (Å²) in [6.45, 7) is 5.40. The standard InChI is InChI=1S/C16H19N5O/c1-12-6-3-4-7-14(12)22-11-5-10-17-15-8-9-16-19-18-13(2)21(16)20-15/h3-4,6-9H,5,10-11H2,1-2H3,(H,17,20). The summed E-state index contributed by atoms with van der Waals surface area (Å²) >= 11 is 0. The van der Waals surface area contributed by atoms with Crippen LogP contribution in [0.25, 0.3) is 5.65 Å². The van der Waals surface area contributed by atoms with Gasteiger partial charge in [-0.2, -0.15) is 4.52 Å². The highest BCUT2D eigenvalue weighted by atomic mass is 16.5. The summed E-state index contributed by atoms with van der Waals surface area (Å²) in [5.74, 6) is 2.54. The summed E-state index contributed by atoms with van der Waals surface area (Å²) in [7, 11) is 0. The second-order valence-electron chi connectivity index (χ2n) is 5.13. The van der Waals surface area contributed by atoms with E-state index in [1.54, 1.807) is 4.52 Å². The molecule has 0 bridgehead atoms. The molecule has 0 fully saturated rings. The topological polar surface area (TPSA) is 64.3 Å². The summed E-state index contributed by atoms with van der Waals surface area (Å²) in [6, 6.07) is 11.9. The molecule has 0 aliphatic carbocycles. The van der Waals surface area contributed by atoms with Crippen LogP contribution >= 0.6 is 0 Å². The minimum Gasteiger partial charge on any atom is -0.493 e. The van der Waals surface area contributed by atoms with E-state index >= 15 is 0 Å². The summed E-state index contributed by atoms with van der Waals surface area (Å²) in [4.78, 5) is 0. The maximum Gasteiger partial charge on any atom is 0.178 e. The van der Waals surface area contributed by atoms with Crippen LogP contribution in [0.1, 0.15) is 17.8 Å². The molecule has 6 heteroatoms. The molecular formula is C16H19N5O. The first-order chi connectivity index (χ1) is 10.7. The molecule has 1 N–H and O–H groups in total. The first-order valence-electron chi connectivity index (χ1n) is 7.35. The summed E-state index contributed by atoms with van der Waals surface area (Å²) in [5.41, 5.74) is 1.91. The van der Waals surface area contributed by atoms with Crippen LogP contribution in [0.5, 0.6) is 5.75 Å². The number of hydrogen-bond acceptors (Lipinski definition) is 5. The molecule has 0 unspecified atom stereocenters. The van der Waals surface area contributed by atoms with Crippen LogP contribution in [-0.2, 0) is 0 Å². The third-order valence-corrected chi connectivity index (χ3v) is 3.40. The Morgan fingerprint density at radius 2 is 1.95 bits per heavy atom. The van der Waals surface area contributed by atoms with E-state index in [-0.39, 0.29) is 0 Å². The first-order valence-corrected chi connectivity index (χ1v) is 7.35. The van der Waals surface area contributed by atoms with Crippen molar-refractivity contribution in [2.75, 3.05) is 18.5 Å². The van der Waals surface area contributed by atoms with Crippen molar-refractivity contribution in [3.63, 3.8) is 0 Å². The molecule has 6 nitrogen and oxygen atoms in total. The largest absolute Gasteiger partial charge is 0.493 e. The fourth-order valence-electron chi connectivity index (χ4n) is 2.18. The molecule has 0 spiro atoms. The molecule has 3 aromatic rings. The van der Waals surface area contributed by atoms with Crippen LogP contribution in [0.2, 0.25) is 0 Å². The zero-order valence-electron chi connectivity index (χ0n) is 12.8. The molecule has 0 atom stereocenters. The van der Waals surface area contributed by atoms with E-state index in [0.29, 0.717) is 6.61 Å². The van der Waals surface area contributed by atoms with Crippen molar-refractivity contribution in [2.45, 2.75) is 20.3 Å². The van der Waals surface area contributed by atoms with Gasteiger partial charge < -0.3 is 10.1 Å². The smallest absolute Gasteiger partial charge is 0.178 e. The Labute approximate surface area is 129 Å². The lowest BCUT2D eigenvalue weighted by Gasteiger charge is -2.09. The number of para-hydroxylation sites is 1. The number of nitrogens with zero attached hydrogens (tertiary/aromatic N) is 4. The number of aromatic nitrogens is 4. The lowest BCUT2D eigenvalue weighted by Crippen LogP contribution is -2.10. The Morgan fingerprint density at radius 1 is 1.09 bits per heavy atom. The maximum absolute atomic E-state index is 5.77. The zero-order chi connectivity index (χ0) is 15.4. The van der Waals surface area contributed by atoms with Gasteiger partial charge in [-0.1, -0.05) is 18.2 Å².